The number of ether oxygens (including phenoxy) is 1. The van der Waals surface area contributed by atoms with Crippen molar-refractivity contribution in [3.8, 4) is 0 Å². The van der Waals surface area contributed by atoms with Gasteiger partial charge in [-0.15, -0.1) is 0 Å². The molecule has 1 heterocycles. The number of nitrogens with one attached hydrogen (secondary N) is 2. The molecule has 0 fully saturated rings. The maximum atomic E-state index is 13.2. The number of hydrogen-bond donors (Lipinski definition) is 2. The first-order chi connectivity index (χ1) is 12.1. The van der Waals surface area contributed by atoms with Crippen molar-refractivity contribution in [3.63, 3.8) is 0 Å². The summed E-state index contributed by atoms with van der Waals surface area (Å²) in [6, 6.07) is 13.2. The molecule has 2 N–H and O–H groups in total. The zero-order valence-electron chi connectivity index (χ0n) is 13.9. The van der Waals surface area contributed by atoms with Crippen LogP contribution in [-0.4, -0.2) is 31.6 Å². The number of esters is 1. The van der Waals surface area contributed by atoms with Gasteiger partial charge in [-0.05, 0) is 23.8 Å². The normalized spacial score (nSPS) is 19.0. The van der Waals surface area contributed by atoms with E-state index in [9.17, 15) is 14.0 Å². The Kier molecular flexibility index (Phi) is 5.09. The van der Waals surface area contributed by atoms with Crippen molar-refractivity contribution < 1.29 is 23.6 Å². The summed E-state index contributed by atoms with van der Waals surface area (Å²) in [4.78, 5) is 25.3. The molecule has 2 aromatic rings. The first-order valence-corrected chi connectivity index (χ1v) is 8.11. The van der Waals surface area contributed by atoms with E-state index in [1.54, 1.807) is 6.07 Å². The Morgan fingerprint density at radius 1 is 1.20 bits per heavy atom. The number of halogens is 1. The molecule has 0 bridgehead atoms. The van der Waals surface area contributed by atoms with E-state index < -0.39 is 11.9 Å². The fourth-order valence-electron chi connectivity index (χ4n) is 3.22. The van der Waals surface area contributed by atoms with Gasteiger partial charge in [0.15, 0.2) is 12.6 Å². The predicted molar refractivity (Wildman–Crippen MR) is 90.5 cm³/mol. The maximum absolute atomic E-state index is 13.2. The van der Waals surface area contributed by atoms with Crippen LogP contribution in [0.1, 0.15) is 11.1 Å². The summed E-state index contributed by atoms with van der Waals surface area (Å²) in [5.74, 6) is -1.01. The second-order valence-electron chi connectivity index (χ2n) is 6.12. The van der Waals surface area contributed by atoms with Crippen LogP contribution in [0.25, 0.3) is 0 Å². The van der Waals surface area contributed by atoms with Crippen LogP contribution < -0.4 is 10.2 Å². The minimum Gasteiger partial charge on any atom is -0.465 e. The van der Waals surface area contributed by atoms with Gasteiger partial charge in [0, 0.05) is 17.7 Å². The average Bonchev–Trinajstić information content (AvgIpc) is 2.60. The molecule has 0 radical (unpaired) electrons. The zero-order valence-corrected chi connectivity index (χ0v) is 13.9. The number of carbonyl (C=O) groups excluding carboxylic acids is 2. The number of fused-ring (bicyclic) bond motifs is 1. The maximum Gasteiger partial charge on any atom is 0.365 e. The van der Waals surface area contributed by atoms with Gasteiger partial charge in [-0.3, -0.25) is 4.79 Å². The largest absolute Gasteiger partial charge is 0.465 e. The quantitative estimate of drug-likeness (QED) is 0.813. The van der Waals surface area contributed by atoms with Crippen LogP contribution in [0.4, 0.5) is 10.1 Å². The van der Waals surface area contributed by atoms with Crippen molar-refractivity contribution in [2.75, 3.05) is 19.0 Å². The van der Waals surface area contributed by atoms with Crippen LogP contribution in [0.3, 0.4) is 0 Å². The van der Waals surface area contributed by atoms with Gasteiger partial charge in [0.1, 0.15) is 12.4 Å². The topological polar surface area (TPSA) is 59.8 Å². The highest BCUT2D eigenvalue weighted by Gasteiger charge is 2.37. The minimum absolute atomic E-state index is 0.102. The summed E-state index contributed by atoms with van der Waals surface area (Å²) < 4.78 is 18.1. The molecule has 1 aliphatic rings. The Labute approximate surface area is 145 Å². The number of amides is 1. The number of rotatable bonds is 4. The van der Waals surface area contributed by atoms with Crippen LogP contribution >= 0.6 is 0 Å². The van der Waals surface area contributed by atoms with Crippen molar-refractivity contribution in [2.45, 2.75) is 19.0 Å². The third-order valence-electron chi connectivity index (χ3n) is 4.43. The van der Waals surface area contributed by atoms with Crippen molar-refractivity contribution in [2.24, 2.45) is 0 Å². The monoisotopic (exact) mass is 343 g/mol. The van der Waals surface area contributed by atoms with E-state index in [1.807, 2.05) is 24.3 Å². The lowest BCUT2D eigenvalue weighted by atomic mass is 9.94. The lowest BCUT2D eigenvalue weighted by Gasteiger charge is -2.31. The highest BCUT2D eigenvalue weighted by atomic mass is 19.1. The first kappa shape index (κ1) is 17.1. The highest BCUT2D eigenvalue weighted by Crippen LogP contribution is 2.14. The van der Waals surface area contributed by atoms with Crippen molar-refractivity contribution in [1.82, 2.24) is 0 Å². The zero-order chi connectivity index (χ0) is 17.8. The second-order valence-corrected chi connectivity index (χ2v) is 6.12. The van der Waals surface area contributed by atoms with E-state index in [1.165, 1.54) is 25.3 Å². The smallest absolute Gasteiger partial charge is 0.365 e. The summed E-state index contributed by atoms with van der Waals surface area (Å²) >= 11 is 0. The Morgan fingerprint density at radius 3 is 2.68 bits per heavy atom. The average molecular weight is 343 g/mol. The summed E-state index contributed by atoms with van der Waals surface area (Å²) in [6.45, 7) is 0.664. The van der Waals surface area contributed by atoms with Crippen LogP contribution in [0.15, 0.2) is 48.5 Å². The molecule has 6 heteroatoms. The van der Waals surface area contributed by atoms with E-state index >= 15 is 0 Å². The van der Waals surface area contributed by atoms with Crippen molar-refractivity contribution >= 4 is 17.6 Å². The van der Waals surface area contributed by atoms with E-state index in [4.69, 9.17) is 4.74 Å². The third kappa shape index (κ3) is 4.03. The summed E-state index contributed by atoms with van der Waals surface area (Å²) in [5, 5.41) is 2.68. The van der Waals surface area contributed by atoms with Gasteiger partial charge in [0.05, 0.1) is 7.11 Å². The van der Waals surface area contributed by atoms with Crippen molar-refractivity contribution in [3.05, 3.63) is 65.5 Å². The Bertz CT molecular complexity index is 794. The van der Waals surface area contributed by atoms with Gasteiger partial charge in [-0.1, -0.05) is 30.3 Å². The SMILES string of the molecule is COC(=O)[C@@H]1Cc2ccccc2C[NH+]1CC(=O)Nc1cccc(F)c1. The number of anilines is 1. The molecule has 5 nitrogen and oxygen atoms in total. The molecular weight excluding hydrogens is 323 g/mol. The summed E-state index contributed by atoms with van der Waals surface area (Å²) in [6.07, 6.45) is 0.533. The molecule has 2 aromatic carbocycles. The van der Waals surface area contributed by atoms with Crippen LogP contribution in [0.5, 0.6) is 0 Å². The van der Waals surface area contributed by atoms with Gasteiger partial charge in [0.2, 0.25) is 0 Å². The fraction of sp³-hybridized carbons (Fsp3) is 0.263. The number of methoxy groups -OCH3 is 1. The molecule has 1 amide bonds. The van der Waals surface area contributed by atoms with E-state index in [2.05, 4.69) is 5.32 Å². The van der Waals surface area contributed by atoms with Gasteiger partial charge in [0.25, 0.3) is 5.91 Å². The van der Waals surface area contributed by atoms with Gasteiger partial charge < -0.3 is 15.0 Å². The molecule has 0 saturated heterocycles. The van der Waals surface area contributed by atoms with E-state index in [0.29, 0.717) is 18.7 Å². The van der Waals surface area contributed by atoms with Gasteiger partial charge in [-0.2, -0.15) is 0 Å². The molecule has 2 atom stereocenters. The number of hydrogen-bond acceptors (Lipinski definition) is 3. The van der Waals surface area contributed by atoms with Gasteiger partial charge in [-0.25, -0.2) is 9.18 Å². The third-order valence-corrected chi connectivity index (χ3v) is 4.43. The Hall–Kier alpha value is -2.73. The first-order valence-electron chi connectivity index (χ1n) is 8.11. The Balaban J connectivity index is 1.74. The predicted octanol–water partition coefficient (Wildman–Crippen LogP) is 0.947. The van der Waals surface area contributed by atoms with Gasteiger partial charge >= 0.3 is 5.97 Å². The summed E-state index contributed by atoms with van der Waals surface area (Å²) in [5.41, 5.74) is 2.62. The molecule has 1 unspecified atom stereocenters. The number of carbonyl (C=O) groups is 2. The second kappa shape index (κ2) is 7.44. The minimum atomic E-state index is -0.432. The molecule has 3 rings (SSSR count). The van der Waals surface area contributed by atoms with Crippen LogP contribution in [0, 0.1) is 5.82 Å². The molecule has 0 aliphatic carbocycles. The van der Waals surface area contributed by atoms with Crippen LogP contribution in [-0.2, 0) is 27.3 Å². The molecule has 0 spiro atoms. The molecule has 1 aliphatic heterocycles. The molecule has 25 heavy (non-hydrogen) atoms. The lowest BCUT2D eigenvalue weighted by molar-refractivity contribution is -0.924. The standard InChI is InChI=1S/C19H19FN2O3/c1-25-19(24)17-9-13-5-2-3-6-14(13)11-22(17)12-18(23)21-16-8-4-7-15(20)10-16/h2-8,10,17H,9,11-12H2,1H3,(H,21,23)/p+1/t17-/m0/s1. The number of benzene rings is 2. The van der Waals surface area contributed by atoms with E-state index in [0.717, 1.165) is 16.0 Å². The summed E-state index contributed by atoms with van der Waals surface area (Å²) in [7, 11) is 1.35. The van der Waals surface area contributed by atoms with Crippen LogP contribution in [0.2, 0.25) is 0 Å². The molecular formula is C19H20FN2O3+. The molecule has 0 aromatic heterocycles. The molecule has 0 saturated carbocycles. The van der Waals surface area contributed by atoms with E-state index in [-0.39, 0.29) is 18.4 Å². The fourth-order valence-corrected chi connectivity index (χ4v) is 3.22. The number of quaternary nitrogens is 1. The molecule has 130 valence electrons. The highest BCUT2D eigenvalue weighted by molar-refractivity contribution is 5.91. The lowest BCUT2D eigenvalue weighted by Crippen LogP contribution is -3.17. The van der Waals surface area contributed by atoms with Crippen molar-refractivity contribution in [1.29, 1.82) is 0 Å². The Morgan fingerprint density at radius 2 is 1.96 bits per heavy atom.